The van der Waals surface area contributed by atoms with Gasteiger partial charge in [0.05, 0.1) is 56.7 Å². The highest BCUT2D eigenvalue weighted by molar-refractivity contribution is 7.18. The standard InChI is InChI=1S/C40H38N8O3S/c1-24-31-20-29(10-11-33(31)46-45-24)42-40(49)27-9-12-36-35(19-27)43-37(48(36)21-30-15-18-50-30)22-47-16-13-26(14-17-47)32-6-4-8-38(44-32)51-23-28-5-3-7-34-39(28)52-25(2)41-34/h3-13,19-20,30H,14-18,21-23H2,1-2H3,(H,42,49)(H,45,46)/t30-/m0/s1. The summed E-state index contributed by atoms with van der Waals surface area (Å²) in [6.45, 7) is 8.34. The number of fused-ring (bicyclic) bond motifs is 3. The number of hydrogen-bond donors (Lipinski definition) is 2. The highest BCUT2D eigenvalue weighted by atomic mass is 32.1. The van der Waals surface area contributed by atoms with Crippen molar-refractivity contribution in [1.82, 2.24) is 34.6 Å². The fourth-order valence-electron chi connectivity index (χ4n) is 7.04. The zero-order valence-corrected chi connectivity index (χ0v) is 29.9. The first-order valence-corrected chi connectivity index (χ1v) is 18.5. The predicted molar refractivity (Wildman–Crippen MR) is 204 cm³/mol. The molecule has 11 nitrogen and oxygen atoms in total. The van der Waals surface area contributed by atoms with Crippen molar-refractivity contribution >= 4 is 60.7 Å². The van der Waals surface area contributed by atoms with Crippen molar-refractivity contribution < 1.29 is 14.3 Å². The lowest BCUT2D eigenvalue weighted by atomic mass is 10.0. The number of amides is 1. The Hall–Kier alpha value is -5.43. The Morgan fingerprint density at radius 2 is 1.92 bits per heavy atom. The molecule has 3 aromatic carbocycles. The SMILES string of the molecule is Cc1nc2cccc(COc3cccc(C4=CCN(Cc5nc6cc(C(=O)Nc7ccc8n[nH]c(C)c8c7)ccc6n5C[C@@H]5CCO5)CC4)n3)c2s1. The van der Waals surface area contributed by atoms with Crippen LogP contribution in [0, 0.1) is 13.8 Å². The number of nitrogens with zero attached hydrogens (tertiary/aromatic N) is 6. The van der Waals surface area contributed by atoms with Gasteiger partial charge in [0, 0.05) is 53.7 Å². The van der Waals surface area contributed by atoms with E-state index in [4.69, 9.17) is 19.4 Å². The first-order valence-electron chi connectivity index (χ1n) is 17.7. The molecule has 6 heterocycles. The summed E-state index contributed by atoms with van der Waals surface area (Å²) in [5.41, 5.74) is 9.23. The molecule has 0 spiro atoms. The smallest absolute Gasteiger partial charge is 0.255 e. The van der Waals surface area contributed by atoms with Crippen molar-refractivity contribution in [3.63, 3.8) is 0 Å². The molecule has 12 heteroatoms. The summed E-state index contributed by atoms with van der Waals surface area (Å²) in [6, 6.07) is 23.7. The van der Waals surface area contributed by atoms with Crippen LogP contribution in [0.1, 0.15) is 51.0 Å². The Morgan fingerprint density at radius 3 is 2.77 bits per heavy atom. The number of rotatable bonds is 10. The second-order valence-electron chi connectivity index (χ2n) is 13.5. The van der Waals surface area contributed by atoms with Gasteiger partial charge in [0.25, 0.3) is 5.91 Å². The Morgan fingerprint density at radius 1 is 1.02 bits per heavy atom. The molecule has 4 aromatic heterocycles. The minimum atomic E-state index is -0.176. The third-order valence-corrected chi connectivity index (χ3v) is 11.0. The second kappa shape index (κ2) is 13.6. The number of hydrogen-bond acceptors (Lipinski definition) is 9. The molecule has 0 unspecified atom stereocenters. The molecule has 1 saturated heterocycles. The summed E-state index contributed by atoms with van der Waals surface area (Å²) < 4.78 is 15.4. The van der Waals surface area contributed by atoms with E-state index in [0.717, 1.165) is 100 Å². The highest BCUT2D eigenvalue weighted by Crippen LogP contribution is 2.29. The number of anilines is 1. The molecule has 0 radical (unpaired) electrons. The zero-order valence-electron chi connectivity index (χ0n) is 29.1. The van der Waals surface area contributed by atoms with Crippen LogP contribution in [0.15, 0.2) is 78.9 Å². The summed E-state index contributed by atoms with van der Waals surface area (Å²) in [4.78, 5) is 30.3. The van der Waals surface area contributed by atoms with Crippen molar-refractivity contribution in [2.24, 2.45) is 0 Å². The van der Waals surface area contributed by atoms with Crippen molar-refractivity contribution in [3.8, 4) is 5.88 Å². The topological polar surface area (TPSA) is 123 Å². The van der Waals surface area contributed by atoms with E-state index in [1.54, 1.807) is 11.3 Å². The lowest BCUT2D eigenvalue weighted by Gasteiger charge is -2.29. The van der Waals surface area contributed by atoms with Crippen molar-refractivity contribution in [2.75, 3.05) is 25.0 Å². The number of carbonyl (C=O) groups is 1. The predicted octanol–water partition coefficient (Wildman–Crippen LogP) is 7.44. The van der Waals surface area contributed by atoms with E-state index < -0.39 is 0 Å². The molecule has 0 aliphatic carbocycles. The fraction of sp³-hybridized carbons (Fsp3) is 0.275. The third kappa shape index (κ3) is 6.45. The number of aromatic amines is 1. The van der Waals surface area contributed by atoms with Crippen molar-refractivity contribution in [3.05, 3.63) is 112 Å². The Labute approximate surface area is 304 Å². The van der Waals surface area contributed by atoms with Gasteiger partial charge in [-0.2, -0.15) is 5.10 Å². The molecular formula is C40H38N8O3S. The molecular weight excluding hydrogens is 673 g/mol. The summed E-state index contributed by atoms with van der Waals surface area (Å²) in [6.07, 6.45) is 4.35. The quantitative estimate of drug-likeness (QED) is 0.150. The molecule has 9 rings (SSSR count). The maximum absolute atomic E-state index is 13.4. The van der Waals surface area contributed by atoms with E-state index in [9.17, 15) is 4.79 Å². The van der Waals surface area contributed by atoms with Crippen LogP contribution in [0.3, 0.4) is 0 Å². The molecule has 1 atom stereocenters. The Bertz CT molecular complexity index is 2490. The number of ether oxygens (including phenoxy) is 2. The molecule has 0 bridgehead atoms. The number of H-pyrrole nitrogens is 1. The first-order chi connectivity index (χ1) is 25.4. The van der Waals surface area contributed by atoms with Crippen molar-refractivity contribution in [1.29, 1.82) is 0 Å². The summed E-state index contributed by atoms with van der Waals surface area (Å²) >= 11 is 1.70. The molecule has 52 heavy (non-hydrogen) atoms. The maximum Gasteiger partial charge on any atom is 0.255 e. The van der Waals surface area contributed by atoms with Gasteiger partial charge in [-0.15, -0.1) is 11.3 Å². The van der Waals surface area contributed by atoms with E-state index in [0.29, 0.717) is 24.6 Å². The van der Waals surface area contributed by atoms with Crippen LogP contribution in [0.25, 0.3) is 37.7 Å². The number of aromatic nitrogens is 6. The highest BCUT2D eigenvalue weighted by Gasteiger charge is 2.24. The number of benzene rings is 3. The van der Waals surface area contributed by atoms with E-state index in [-0.39, 0.29) is 12.0 Å². The Kier molecular flexibility index (Phi) is 8.50. The fourth-order valence-corrected chi connectivity index (χ4v) is 7.96. The van der Waals surface area contributed by atoms with Gasteiger partial charge in [0.2, 0.25) is 5.88 Å². The summed E-state index contributed by atoms with van der Waals surface area (Å²) in [5, 5.41) is 12.4. The van der Waals surface area contributed by atoms with Crippen LogP contribution in [0.5, 0.6) is 5.88 Å². The van der Waals surface area contributed by atoms with Gasteiger partial charge in [-0.25, -0.2) is 15.0 Å². The largest absolute Gasteiger partial charge is 0.473 e. The maximum atomic E-state index is 13.4. The average Bonchev–Trinajstić information content (AvgIpc) is 3.82. The lowest BCUT2D eigenvalue weighted by molar-refractivity contribution is -0.0591. The molecule has 262 valence electrons. The van der Waals surface area contributed by atoms with E-state index in [1.165, 1.54) is 10.3 Å². The molecule has 2 aliphatic heterocycles. The third-order valence-electron chi connectivity index (χ3n) is 9.96. The average molecular weight is 711 g/mol. The summed E-state index contributed by atoms with van der Waals surface area (Å²) in [7, 11) is 0. The van der Waals surface area contributed by atoms with E-state index >= 15 is 0 Å². The number of imidazole rings is 1. The van der Waals surface area contributed by atoms with Crippen molar-refractivity contribution in [2.45, 2.75) is 52.5 Å². The zero-order chi connectivity index (χ0) is 35.2. The van der Waals surface area contributed by atoms with Crippen LogP contribution in [-0.4, -0.2) is 66.3 Å². The molecule has 7 aromatic rings. The number of aryl methyl sites for hydroxylation is 2. The molecule has 1 amide bonds. The van der Waals surface area contributed by atoms with Crippen LogP contribution >= 0.6 is 11.3 Å². The number of carbonyl (C=O) groups excluding carboxylic acids is 1. The molecule has 0 saturated carbocycles. The lowest BCUT2D eigenvalue weighted by Crippen LogP contribution is -2.33. The minimum Gasteiger partial charge on any atom is -0.473 e. The van der Waals surface area contributed by atoms with Crippen LogP contribution in [0.4, 0.5) is 5.69 Å². The van der Waals surface area contributed by atoms with Gasteiger partial charge in [-0.05, 0) is 80.8 Å². The number of pyridine rings is 1. The van der Waals surface area contributed by atoms with E-state index in [2.05, 4.69) is 48.2 Å². The van der Waals surface area contributed by atoms with E-state index in [1.807, 2.05) is 74.5 Å². The monoisotopic (exact) mass is 710 g/mol. The van der Waals surface area contributed by atoms with Gasteiger partial charge in [-0.3, -0.25) is 14.8 Å². The molecule has 1 fully saturated rings. The molecule has 2 N–H and O–H groups in total. The Balaban J connectivity index is 0.895. The van der Waals surface area contributed by atoms with Gasteiger partial charge in [-0.1, -0.05) is 24.3 Å². The van der Waals surface area contributed by atoms with Crippen LogP contribution in [-0.2, 0) is 24.4 Å². The molecule has 2 aliphatic rings. The number of nitrogens with one attached hydrogen (secondary N) is 2. The van der Waals surface area contributed by atoms with Gasteiger partial charge < -0.3 is 19.4 Å². The second-order valence-corrected chi connectivity index (χ2v) is 14.7. The van der Waals surface area contributed by atoms with Gasteiger partial charge in [0.1, 0.15) is 12.4 Å². The normalized spacial score (nSPS) is 16.3. The first kappa shape index (κ1) is 32.5. The number of thiazole rings is 1. The van der Waals surface area contributed by atoms with Gasteiger partial charge in [0.15, 0.2) is 0 Å². The van der Waals surface area contributed by atoms with Crippen LogP contribution < -0.4 is 10.1 Å². The minimum absolute atomic E-state index is 0.174. The van der Waals surface area contributed by atoms with Crippen LogP contribution in [0.2, 0.25) is 0 Å². The summed E-state index contributed by atoms with van der Waals surface area (Å²) in [5.74, 6) is 1.42. The van der Waals surface area contributed by atoms with Gasteiger partial charge >= 0.3 is 0 Å².